The van der Waals surface area contributed by atoms with Crippen LogP contribution in [0.15, 0.2) is 0 Å². The van der Waals surface area contributed by atoms with E-state index in [4.69, 9.17) is 9.47 Å². The normalized spacial score (nSPS) is 34.3. The van der Waals surface area contributed by atoms with Crippen molar-refractivity contribution in [2.24, 2.45) is 0 Å². The number of carbonyl (C=O) groups excluding carboxylic acids is 1. The van der Waals surface area contributed by atoms with E-state index >= 15 is 0 Å². The smallest absolute Gasteiger partial charge is 0.283 e. The largest absolute Gasteiger partial charge is 0.394 e. The van der Waals surface area contributed by atoms with Crippen LogP contribution in [-0.4, -0.2) is 76.8 Å². The minimum Gasteiger partial charge on any atom is -0.394 e. The van der Waals surface area contributed by atoms with Crippen molar-refractivity contribution in [2.45, 2.75) is 69.2 Å². The van der Waals surface area contributed by atoms with Gasteiger partial charge >= 0.3 is 0 Å². The van der Waals surface area contributed by atoms with Crippen molar-refractivity contribution in [1.29, 1.82) is 0 Å². The predicted molar refractivity (Wildman–Crippen MR) is 81.5 cm³/mol. The van der Waals surface area contributed by atoms with Gasteiger partial charge in [-0.15, -0.1) is 0 Å². The molecule has 5 atom stereocenters. The predicted octanol–water partition coefficient (Wildman–Crippen LogP) is -1.11. The molecule has 0 bridgehead atoms. The van der Waals surface area contributed by atoms with Crippen LogP contribution in [0.5, 0.6) is 0 Å². The summed E-state index contributed by atoms with van der Waals surface area (Å²) in [5.41, 5.74) is 0. The number of unbranched alkanes of at least 4 members (excludes halogenated alkanes) is 4. The Bertz CT molecular complexity index is 366. The number of nitrogens with one attached hydrogen (secondary N) is 1. The van der Waals surface area contributed by atoms with Crippen molar-refractivity contribution in [3.05, 3.63) is 0 Å². The van der Waals surface area contributed by atoms with Crippen molar-refractivity contribution < 1.29 is 34.7 Å². The fraction of sp³-hybridized carbons (Fsp3) is 0.933. The number of aliphatic hydroxyl groups is 4. The van der Waals surface area contributed by atoms with Crippen LogP contribution in [0.25, 0.3) is 0 Å². The Morgan fingerprint density at radius 2 is 1.83 bits per heavy atom. The SMILES string of the molecule is CCCCCCCNC(=O)[C@]1(OC)O[C@H](CO)[C@@H](O)[C@H](O)[C@H]1O. The Labute approximate surface area is 136 Å². The molecular formula is C15H29NO7. The van der Waals surface area contributed by atoms with Crippen molar-refractivity contribution in [2.75, 3.05) is 20.3 Å². The van der Waals surface area contributed by atoms with Crippen LogP contribution in [0.4, 0.5) is 0 Å². The van der Waals surface area contributed by atoms with E-state index in [2.05, 4.69) is 12.2 Å². The van der Waals surface area contributed by atoms with Crippen molar-refractivity contribution in [3.8, 4) is 0 Å². The maximum absolute atomic E-state index is 12.4. The number of aliphatic hydroxyl groups excluding tert-OH is 4. The van der Waals surface area contributed by atoms with Crippen LogP contribution in [0.1, 0.15) is 39.0 Å². The van der Waals surface area contributed by atoms with Gasteiger partial charge in [-0.25, -0.2) is 0 Å². The van der Waals surface area contributed by atoms with Crippen LogP contribution in [-0.2, 0) is 14.3 Å². The summed E-state index contributed by atoms with van der Waals surface area (Å²) in [6.07, 6.45) is -1.10. The molecule has 1 aliphatic heterocycles. The molecule has 8 nitrogen and oxygen atoms in total. The van der Waals surface area contributed by atoms with E-state index in [-0.39, 0.29) is 0 Å². The Hall–Kier alpha value is -0.770. The highest BCUT2D eigenvalue weighted by atomic mass is 16.7. The number of ether oxygens (including phenoxy) is 2. The highest BCUT2D eigenvalue weighted by molar-refractivity contribution is 5.84. The summed E-state index contributed by atoms with van der Waals surface area (Å²) in [6.45, 7) is 1.87. The van der Waals surface area contributed by atoms with Gasteiger partial charge < -0.3 is 35.2 Å². The number of amides is 1. The molecule has 8 heteroatoms. The fourth-order valence-electron chi connectivity index (χ4n) is 2.64. The highest BCUT2D eigenvalue weighted by Gasteiger charge is 2.58. The summed E-state index contributed by atoms with van der Waals surface area (Å²) < 4.78 is 10.3. The lowest BCUT2D eigenvalue weighted by Gasteiger charge is -2.46. The maximum atomic E-state index is 12.4. The average molecular weight is 335 g/mol. The van der Waals surface area contributed by atoms with Gasteiger partial charge in [-0.1, -0.05) is 32.6 Å². The second kappa shape index (κ2) is 9.51. The lowest BCUT2D eigenvalue weighted by molar-refractivity contribution is -0.339. The maximum Gasteiger partial charge on any atom is 0.283 e. The van der Waals surface area contributed by atoms with Gasteiger partial charge in [0.2, 0.25) is 0 Å². The van der Waals surface area contributed by atoms with Gasteiger partial charge in [0, 0.05) is 13.7 Å². The molecule has 0 aromatic carbocycles. The second-order valence-electron chi connectivity index (χ2n) is 5.81. The quantitative estimate of drug-likeness (QED) is 0.338. The van der Waals surface area contributed by atoms with E-state index in [9.17, 15) is 25.2 Å². The Kier molecular flexibility index (Phi) is 8.38. The molecule has 0 aromatic rings. The van der Waals surface area contributed by atoms with Crippen LogP contribution >= 0.6 is 0 Å². The molecule has 1 fully saturated rings. The third kappa shape index (κ3) is 4.62. The second-order valence-corrected chi connectivity index (χ2v) is 5.81. The molecule has 5 N–H and O–H groups in total. The molecule has 1 amide bonds. The van der Waals surface area contributed by atoms with E-state index in [0.717, 1.165) is 39.2 Å². The zero-order valence-corrected chi connectivity index (χ0v) is 13.8. The molecule has 23 heavy (non-hydrogen) atoms. The molecule has 0 radical (unpaired) electrons. The summed E-state index contributed by atoms with van der Waals surface area (Å²) in [6, 6.07) is 0. The number of carbonyl (C=O) groups is 1. The number of hydrogen-bond donors (Lipinski definition) is 5. The van der Waals surface area contributed by atoms with Crippen LogP contribution in [0, 0.1) is 0 Å². The highest BCUT2D eigenvalue weighted by Crippen LogP contribution is 2.31. The first-order valence-corrected chi connectivity index (χ1v) is 8.10. The molecule has 1 aliphatic rings. The van der Waals surface area contributed by atoms with Crippen molar-refractivity contribution in [1.82, 2.24) is 5.32 Å². The first-order valence-electron chi connectivity index (χ1n) is 8.10. The molecule has 0 aliphatic carbocycles. The molecule has 0 saturated carbocycles. The Morgan fingerprint density at radius 1 is 1.17 bits per heavy atom. The van der Waals surface area contributed by atoms with Crippen LogP contribution in [0.3, 0.4) is 0 Å². The average Bonchev–Trinajstić information content (AvgIpc) is 2.56. The van der Waals surface area contributed by atoms with E-state index in [1.807, 2.05) is 0 Å². The van der Waals surface area contributed by atoms with E-state index < -0.39 is 42.7 Å². The lowest BCUT2D eigenvalue weighted by atomic mass is 9.92. The van der Waals surface area contributed by atoms with Crippen LogP contribution in [0.2, 0.25) is 0 Å². The fourth-order valence-corrected chi connectivity index (χ4v) is 2.64. The third-order valence-electron chi connectivity index (χ3n) is 4.14. The molecule has 0 spiro atoms. The molecule has 1 rings (SSSR count). The zero-order chi connectivity index (χ0) is 17.5. The molecule has 1 saturated heterocycles. The number of rotatable bonds is 9. The number of methoxy groups -OCH3 is 1. The number of hydrogen-bond acceptors (Lipinski definition) is 7. The van der Waals surface area contributed by atoms with Gasteiger partial charge in [0.1, 0.15) is 24.4 Å². The first kappa shape index (κ1) is 20.3. The van der Waals surface area contributed by atoms with Crippen LogP contribution < -0.4 is 5.32 Å². The molecule has 1 heterocycles. The summed E-state index contributed by atoms with van der Waals surface area (Å²) in [7, 11) is 1.16. The minimum absolute atomic E-state index is 0.381. The van der Waals surface area contributed by atoms with Gasteiger partial charge in [-0.05, 0) is 6.42 Å². The minimum atomic E-state index is -2.16. The third-order valence-corrected chi connectivity index (χ3v) is 4.14. The van der Waals surface area contributed by atoms with Gasteiger partial charge in [-0.2, -0.15) is 0 Å². The first-order chi connectivity index (χ1) is 10.9. The molecule has 0 aromatic heterocycles. The Balaban J connectivity index is 2.65. The van der Waals surface area contributed by atoms with Gasteiger partial charge in [0.15, 0.2) is 0 Å². The van der Waals surface area contributed by atoms with Gasteiger partial charge in [-0.3, -0.25) is 4.79 Å². The van der Waals surface area contributed by atoms with Gasteiger partial charge in [0.25, 0.3) is 11.7 Å². The summed E-state index contributed by atoms with van der Waals surface area (Å²) in [4.78, 5) is 12.4. The van der Waals surface area contributed by atoms with Crippen molar-refractivity contribution >= 4 is 5.91 Å². The monoisotopic (exact) mass is 335 g/mol. The van der Waals surface area contributed by atoms with E-state index in [1.165, 1.54) is 0 Å². The summed E-state index contributed by atoms with van der Waals surface area (Å²) >= 11 is 0. The summed E-state index contributed by atoms with van der Waals surface area (Å²) in [5, 5.41) is 41.5. The zero-order valence-electron chi connectivity index (χ0n) is 13.8. The molecule has 136 valence electrons. The van der Waals surface area contributed by atoms with E-state index in [1.54, 1.807) is 0 Å². The van der Waals surface area contributed by atoms with Gasteiger partial charge in [0.05, 0.1) is 6.61 Å². The molecule has 0 unspecified atom stereocenters. The topological polar surface area (TPSA) is 128 Å². The Morgan fingerprint density at radius 3 is 2.39 bits per heavy atom. The van der Waals surface area contributed by atoms with Crippen molar-refractivity contribution in [3.63, 3.8) is 0 Å². The summed E-state index contributed by atoms with van der Waals surface area (Å²) in [5.74, 6) is -2.90. The standard InChI is InChI=1S/C15H29NO7/c1-3-4-5-6-7-8-16-14(21)15(22-2)13(20)12(19)11(18)10(9-17)23-15/h10-13,17-20H,3-9H2,1-2H3,(H,16,21)/t10-,11-,12+,13-,15-/m1/s1. The molecular weight excluding hydrogens is 306 g/mol. The van der Waals surface area contributed by atoms with E-state index in [0.29, 0.717) is 6.54 Å². The lowest BCUT2D eigenvalue weighted by Crippen LogP contribution is -2.70.